The summed E-state index contributed by atoms with van der Waals surface area (Å²) in [5.41, 5.74) is 0.331. The van der Waals surface area contributed by atoms with Gasteiger partial charge in [0, 0.05) is 6.20 Å². The number of nitrogens with one attached hydrogen (secondary N) is 1. The molecule has 0 aliphatic heterocycles. The molecule has 1 rings (SSSR count). The van der Waals surface area contributed by atoms with Crippen LogP contribution in [0, 0.1) is 17.2 Å². The van der Waals surface area contributed by atoms with E-state index in [-0.39, 0.29) is 16.8 Å². The number of carboxylic acids is 1. The lowest BCUT2D eigenvalue weighted by Crippen LogP contribution is -2.34. The zero-order chi connectivity index (χ0) is 13.0. The second-order valence-corrected chi connectivity index (χ2v) is 4.28. The van der Waals surface area contributed by atoms with E-state index in [2.05, 4.69) is 10.3 Å². The maximum atomic E-state index is 11.0. The first-order valence-electron chi connectivity index (χ1n) is 5.00. The van der Waals surface area contributed by atoms with Crippen molar-refractivity contribution in [1.82, 2.24) is 4.98 Å². The Morgan fingerprint density at radius 2 is 2.29 bits per heavy atom. The molecule has 0 aliphatic carbocycles. The Bertz CT molecular complexity index is 468. The molecule has 5 nitrogen and oxygen atoms in total. The highest BCUT2D eigenvalue weighted by atomic mass is 35.5. The average Bonchev–Trinajstić information content (AvgIpc) is 2.26. The number of anilines is 1. The molecule has 0 saturated heterocycles. The van der Waals surface area contributed by atoms with E-state index in [1.54, 1.807) is 13.8 Å². The summed E-state index contributed by atoms with van der Waals surface area (Å²) in [5.74, 6) is -0.810. The van der Waals surface area contributed by atoms with E-state index < -0.39 is 12.0 Å². The van der Waals surface area contributed by atoms with Crippen LogP contribution < -0.4 is 5.32 Å². The number of hydrogen-bond acceptors (Lipinski definition) is 4. The lowest BCUT2D eigenvalue weighted by Gasteiger charge is -2.19. The van der Waals surface area contributed by atoms with Gasteiger partial charge in [-0.2, -0.15) is 5.26 Å². The fourth-order valence-electron chi connectivity index (χ4n) is 1.27. The average molecular weight is 254 g/mol. The highest BCUT2D eigenvalue weighted by Crippen LogP contribution is 2.21. The van der Waals surface area contributed by atoms with E-state index in [0.29, 0.717) is 5.56 Å². The third-order valence-corrected chi connectivity index (χ3v) is 2.48. The van der Waals surface area contributed by atoms with E-state index in [1.807, 2.05) is 6.07 Å². The minimum atomic E-state index is -0.970. The summed E-state index contributed by atoms with van der Waals surface area (Å²) in [4.78, 5) is 14.9. The largest absolute Gasteiger partial charge is 0.480 e. The molecule has 1 aromatic heterocycles. The minimum absolute atomic E-state index is 0.110. The summed E-state index contributed by atoms with van der Waals surface area (Å²) in [7, 11) is 0. The van der Waals surface area contributed by atoms with Crippen LogP contribution in [0.2, 0.25) is 5.02 Å². The highest BCUT2D eigenvalue weighted by Gasteiger charge is 2.22. The van der Waals surface area contributed by atoms with Crippen LogP contribution in [0.15, 0.2) is 12.3 Å². The number of halogens is 1. The van der Waals surface area contributed by atoms with E-state index in [4.69, 9.17) is 22.0 Å². The summed E-state index contributed by atoms with van der Waals surface area (Å²) in [6, 6.07) is 2.57. The lowest BCUT2D eigenvalue weighted by atomic mass is 10.1. The molecule has 17 heavy (non-hydrogen) atoms. The van der Waals surface area contributed by atoms with Gasteiger partial charge in [0.2, 0.25) is 0 Å². The summed E-state index contributed by atoms with van der Waals surface area (Å²) in [6.45, 7) is 3.56. The van der Waals surface area contributed by atoms with Crippen molar-refractivity contribution in [1.29, 1.82) is 5.26 Å². The first kappa shape index (κ1) is 13.3. The fourth-order valence-corrected chi connectivity index (χ4v) is 1.49. The van der Waals surface area contributed by atoms with Crippen LogP contribution in [0.3, 0.4) is 0 Å². The Labute approximate surface area is 104 Å². The number of carboxylic acid groups (broad SMARTS) is 1. The van der Waals surface area contributed by atoms with Gasteiger partial charge in [0.25, 0.3) is 0 Å². The molecule has 0 aromatic carbocycles. The molecule has 6 heteroatoms. The molecule has 0 fully saturated rings. The molecule has 0 aliphatic rings. The van der Waals surface area contributed by atoms with Crippen LogP contribution in [-0.4, -0.2) is 22.1 Å². The van der Waals surface area contributed by atoms with Crippen molar-refractivity contribution >= 4 is 23.4 Å². The van der Waals surface area contributed by atoms with Crippen molar-refractivity contribution in [2.45, 2.75) is 19.9 Å². The van der Waals surface area contributed by atoms with Crippen LogP contribution in [0.25, 0.3) is 0 Å². The van der Waals surface area contributed by atoms with Crippen molar-refractivity contribution in [2.75, 3.05) is 5.32 Å². The van der Waals surface area contributed by atoms with Crippen molar-refractivity contribution < 1.29 is 9.90 Å². The number of hydrogen-bond donors (Lipinski definition) is 2. The van der Waals surface area contributed by atoms with Gasteiger partial charge in [0.05, 0.1) is 10.6 Å². The molecule has 0 spiro atoms. The van der Waals surface area contributed by atoms with E-state index >= 15 is 0 Å². The van der Waals surface area contributed by atoms with Gasteiger partial charge in [-0.05, 0) is 12.0 Å². The Hall–Kier alpha value is -1.80. The van der Waals surface area contributed by atoms with Gasteiger partial charge in [-0.3, -0.25) is 0 Å². The Balaban J connectivity index is 2.95. The number of nitrogens with zero attached hydrogens (tertiary/aromatic N) is 2. The SMILES string of the molecule is CC(C)[C@H](Nc1ncc(C#N)cc1Cl)C(=O)O. The third kappa shape index (κ3) is 3.33. The van der Waals surface area contributed by atoms with Crippen LogP contribution in [0.5, 0.6) is 0 Å². The van der Waals surface area contributed by atoms with Crippen molar-refractivity contribution in [3.8, 4) is 6.07 Å². The summed E-state index contributed by atoms with van der Waals surface area (Å²) < 4.78 is 0. The lowest BCUT2D eigenvalue weighted by molar-refractivity contribution is -0.138. The van der Waals surface area contributed by atoms with E-state index in [9.17, 15) is 4.79 Å². The molecule has 0 amide bonds. The molecule has 2 N–H and O–H groups in total. The molecular formula is C11H12ClN3O2. The van der Waals surface area contributed by atoms with Gasteiger partial charge in [-0.1, -0.05) is 25.4 Å². The molecule has 0 saturated carbocycles. The molecule has 0 radical (unpaired) electrons. The number of aliphatic carboxylic acids is 1. The van der Waals surface area contributed by atoms with Gasteiger partial charge in [-0.25, -0.2) is 9.78 Å². The van der Waals surface area contributed by atoms with Crippen molar-refractivity contribution in [3.05, 3.63) is 22.8 Å². The van der Waals surface area contributed by atoms with Crippen molar-refractivity contribution in [2.24, 2.45) is 5.92 Å². The first-order valence-corrected chi connectivity index (χ1v) is 5.38. The molecule has 1 heterocycles. The minimum Gasteiger partial charge on any atom is -0.480 e. The number of nitriles is 1. The smallest absolute Gasteiger partial charge is 0.326 e. The standard InChI is InChI=1S/C11H12ClN3O2/c1-6(2)9(11(16)17)15-10-8(12)3-7(4-13)5-14-10/h3,5-6,9H,1-2H3,(H,14,15)(H,16,17)/t9-/m0/s1. The zero-order valence-electron chi connectivity index (χ0n) is 9.44. The maximum absolute atomic E-state index is 11.0. The topological polar surface area (TPSA) is 86.0 Å². The van der Waals surface area contributed by atoms with Crippen LogP contribution in [-0.2, 0) is 4.79 Å². The summed E-state index contributed by atoms with van der Waals surface area (Å²) >= 11 is 5.89. The molecule has 90 valence electrons. The van der Waals surface area contributed by atoms with E-state index in [1.165, 1.54) is 12.3 Å². The third-order valence-electron chi connectivity index (χ3n) is 2.20. The predicted octanol–water partition coefficient (Wildman–Crippen LogP) is 2.13. The van der Waals surface area contributed by atoms with Crippen molar-refractivity contribution in [3.63, 3.8) is 0 Å². The van der Waals surface area contributed by atoms with E-state index in [0.717, 1.165) is 0 Å². The first-order chi connectivity index (χ1) is 7.95. The summed E-state index contributed by atoms with van der Waals surface area (Å²) in [6.07, 6.45) is 1.34. The van der Waals surface area contributed by atoms with Crippen LogP contribution in [0.1, 0.15) is 19.4 Å². The second-order valence-electron chi connectivity index (χ2n) is 3.87. The van der Waals surface area contributed by atoms with Crippen LogP contribution >= 0.6 is 11.6 Å². The van der Waals surface area contributed by atoms with Gasteiger partial charge >= 0.3 is 5.97 Å². The van der Waals surface area contributed by atoms with Gasteiger partial charge in [-0.15, -0.1) is 0 Å². The maximum Gasteiger partial charge on any atom is 0.326 e. The second kappa shape index (κ2) is 5.51. The zero-order valence-corrected chi connectivity index (χ0v) is 10.2. The molecule has 0 unspecified atom stereocenters. The Kier molecular flexibility index (Phi) is 4.30. The van der Waals surface area contributed by atoms with Gasteiger partial charge in [0.1, 0.15) is 17.9 Å². The number of rotatable bonds is 4. The number of aromatic nitrogens is 1. The van der Waals surface area contributed by atoms with Gasteiger partial charge < -0.3 is 10.4 Å². The molecule has 0 bridgehead atoms. The quantitative estimate of drug-likeness (QED) is 0.858. The molecular weight excluding hydrogens is 242 g/mol. The fraction of sp³-hybridized carbons (Fsp3) is 0.364. The predicted molar refractivity (Wildman–Crippen MR) is 63.8 cm³/mol. The highest BCUT2D eigenvalue weighted by molar-refractivity contribution is 6.33. The van der Waals surface area contributed by atoms with Gasteiger partial charge in [0.15, 0.2) is 0 Å². The molecule has 1 aromatic rings. The normalized spacial score (nSPS) is 11.9. The Morgan fingerprint density at radius 3 is 2.71 bits per heavy atom. The van der Waals surface area contributed by atoms with Crippen LogP contribution in [0.4, 0.5) is 5.82 Å². The number of pyridine rings is 1. The monoisotopic (exact) mass is 253 g/mol. The number of carbonyl (C=O) groups is 1. The Morgan fingerprint density at radius 1 is 1.65 bits per heavy atom. The molecule has 1 atom stereocenters. The summed E-state index contributed by atoms with van der Waals surface area (Å²) in [5, 5.41) is 20.6.